The van der Waals surface area contributed by atoms with Gasteiger partial charge in [-0.05, 0) is 65.3 Å². The lowest BCUT2D eigenvalue weighted by atomic mass is 9.93. The average molecular weight is 470 g/mol. The highest BCUT2D eigenvalue weighted by molar-refractivity contribution is 6.01. The SMILES string of the molecule is Cc1ccc(OCCC(C)(C)C)cc1-c1ccnc(NC(=O)c2nnc(Cc3ccccc3)[nH]2)c1. The van der Waals surface area contributed by atoms with Crippen molar-refractivity contribution in [3.05, 3.63) is 89.6 Å². The molecule has 0 aliphatic carbocycles. The number of hydrogen-bond acceptors (Lipinski definition) is 5. The van der Waals surface area contributed by atoms with Gasteiger partial charge in [0.1, 0.15) is 17.4 Å². The standard InChI is InChI=1S/C28H31N5O2/c1-19-10-11-22(35-15-13-28(2,3)4)18-23(19)21-12-14-29-24(17-21)31-27(34)26-30-25(32-33-26)16-20-8-6-5-7-9-20/h5-12,14,17-18H,13,15-16H2,1-4H3,(H,29,31,34)(H,30,32,33). The third-order valence-corrected chi connectivity index (χ3v) is 5.61. The minimum Gasteiger partial charge on any atom is -0.494 e. The van der Waals surface area contributed by atoms with Crippen molar-refractivity contribution in [1.82, 2.24) is 20.2 Å². The molecule has 0 saturated carbocycles. The summed E-state index contributed by atoms with van der Waals surface area (Å²) in [6.07, 6.45) is 3.22. The molecule has 4 aromatic rings. The highest BCUT2D eigenvalue weighted by atomic mass is 16.5. The molecular formula is C28H31N5O2. The number of aryl methyl sites for hydroxylation is 1. The molecule has 2 aromatic heterocycles. The summed E-state index contributed by atoms with van der Waals surface area (Å²) in [5.74, 6) is 1.64. The van der Waals surface area contributed by atoms with Crippen LogP contribution in [0.25, 0.3) is 11.1 Å². The van der Waals surface area contributed by atoms with Crippen LogP contribution in [0, 0.1) is 12.3 Å². The summed E-state index contributed by atoms with van der Waals surface area (Å²) in [4.78, 5) is 20.0. The fourth-order valence-electron chi connectivity index (χ4n) is 3.59. The Bertz CT molecular complexity index is 1290. The first-order chi connectivity index (χ1) is 16.8. The molecule has 0 fully saturated rings. The second-order valence-corrected chi connectivity index (χ2v) is 9.80. The summed E-state index contributed by atoms with van der Waals surface area (Å²) in [7, 11) is 0. The lowest BCUT2D eigenvalue weighted by Crippen LogP contribution is -2.14. The molecule has 0 spiro atoms. The van der Waals surface area contributed by atoms with Crippen LogP contribution in [0.5, 0.6) is 5.75 Å². The molecule has 2 heterocycles. The van der Waals surface area contributed by atoms with Gasteiger partial charge in [0.05, 0.1) is 6.61 Å². The van der Waals surface area contributed by atoms with Crippen LogP contribution >= 0.6 is 0 Å². The number of benzene rings is 2. The number of hydrogen-bond donors (Lipinski definition) is 2. The molecule has 2 N–H and O–H groups in total. The molecule has 0 unspecified atom stereocenters. The minimum atomic E-state index is -0.391. The normalized spacial score (nSPS) is 11.3. The Hall–Kier alpha value is -4.00. The van der Waals surface area contributed by atoms with E-state index in [0.29, 0.717) is 24.7 Å². The van der Waals surface area contributed by atoms with E-state index < -0.39 is 5.91 Å². The molecule has 7 nitrogen and oxygen atoms in total. The first-order valence-corrected chi connectivity index (χ1v) is 11.7. The molecule has 0 aliphatic rings. The summed E-state index contributed by atoms with van der Waals surface area (Å²) in [5, 5.41) is 10.9. The third kappa shape index (κ3) is 6.76. The van der Waals surface area contributed by atoms with E-state index >= 15 is 0 Å². The number of H-pyrrole nitrogens is 1. The van der Waals surface area contributed by atoms with Gasteiger partial charge in [0.25, 0.3) is 5.91 Å². The van der Waals surface area contributed by atoms with Gasteiger partial charge in [-0.15, -0.1) is 10.2 Å². The van der Waals surface area contributed by atoms with Crippen molar-refractivity contribution in [3.8, 4) is 16.9 Å². The van der Waals surface area contributed by atoms with E-state index in [-0.39, 0.29) is 11.2 Å². The van der Waals surface area contributed by atoms with Gasteiger partial charge in [0, 0.05) is 12.6 Å². The Labute approximate surface area is 206 Å². The molecule has 0 aliphatic heterocycles. The lowest BCUT2D eigenvalue weighted by molar-refractivity contribution is 0.101. The smallest absolute Gasteiger partial charge is 0.294 e. The number of aromatic amines is 1. The van der Waals surface area contributed by atoms with Crippen molar-refractivity contribution in [2.24, 2.45) is 5.41 Å². The van der Waals surface area contributed by atoms with E-state index in [1.165, 1.54) is 0 Å². The van der Waals surface area contributed by atoms with Crippen molar-refractivity contribution in [3.63, 3.8) is 0 Å². The topological polar surface area (TPSA) is 92.8 Å². The molecule has 0 bridgehead atoms. The van der Waals surface area contributed by atoms with E-state index in [9.17, 15) is 4.79 Å². The third-order valence-electron chi connectivity index (χ3n) is 5.61. The van der Waals surface area contributed by atoms with Gasteiger partial charge in [-0.1, -0.05) is 57.2 Å². The molecule has 0 saturated heterocycles. The minimum absolute atomic E-state index is 0.147. The van der Waals surface area contributed by atoms with Crippen LogP contribution in [0.1, 0.15) is 54.8 Å². The number of ether oxygens (including phenoxy) is 1. The zero-order valence-corrected chi connectivity index (χ0v) is 20.6. The maximum atomic E-state index is 12.7. The first kappa shape index (κ1) is 24.1. The fourth-order valence-corrected chi connectivity index (χ4v) is 3.59. The fraction of sp³-hybridized carbons (Fsp3) is 0.286. The molecule has 1 amide bonds. The van der Waals surface area contributed by atoms with Crippen molar-refractivity contribution >= 4 is 11.7 Å². The number of pyridine rings is 1. The number of carbonyl (C=O) groups is 1. The first-order valence-electron chi connectivity index (χ1n) is 11.7. The monoisotopic (exact) mass is 469 g/mol. The lowest BCUT2D eigenvalue weighted by Gasteiger charge is -2.18. The maximum Gasteiger partial charge on any atom is 0.294 e. The number of rotatable bonds is 8. The van der Waals surface area contributed by atoms with Crippen molar-refractivity contribution in [1.29, 1.82) is 0 Å². The average Bonchev–Trinajstić information content (AvgIpc) is 3.29. The zero-order chi connectivity index (χ0) is 24.8. The van der Waals surface area contributed by atoms with Crippen molar-refractivity contribution < 1.29 is 9.53 Å². The van der Waals surface area contributed by atoms with Crippen LogP contribution < -0.4 is 10.1 Å². The van der Waals surface area contributed by atoms with Gasteiger partial charge >= 0.3 is 0 Å². The quantitative estimate of drug-likeness (QED) is 0.338. The van der Waals surface area contributed by atoms with E-state index in [4.69, 9.17) is 4.74 Å². The number of anilines is 1. The molecule has 35 heavy (non-hydrogen) atoms. The molecule has 0 radical (unpaired) electrons. The van der Waals surface area contributed by atoms with Crippen LogP contribution in [0.4, 0.5) is 5.82 Å². The summed E-state index contributed by atoms with van der Waals surface area (Å²) in [6, 6.07) is 19.7. The van der Waals surface area contributed by atoms with Crippen LogP contribution in [-0.4, -0.2) is 32.7 Å². The van der Waals surface area contributed by atoms with Gasteiger partial charge in [0.15, 0.2) is 0 Å². The summed E-state index contributed by atoms with van der Waals surface area (Å²) >= 11 is 0. The van der Waals surface area contributed by atoms with Crippen LogP contribution in [0.2, 0.25) is 0 Å². The molecule has 4 rings (SSSR count). The number of nitrogens with one attached hydrogen (secondary N) is 2. The van der Waals surface area contributed by atoms with Gasteiger partial charge < -0.3 is 15.0 Å². The maximum absolute atomic E-state index is 12.7. The summed E-state index contributed by atoms with van der Waals surface area (Å²) < 4.78 is 5.99. The number of aromatic nitrogens is 4. The molecular weight excluding hydrogens is 438 g/mol. The Morgan fingerprint density at radius 3 is 2.60 bits per heavy atom. The summed E-state index contributed by atoms with van der Waals surface area (Å²) in [6.45, 7) is 9.31. The molecule has 180 valence electrons. The summed E-state index contributed by atoms with van der Waals surface area (Å²) in [5.41, 5.74) is 4.39. The Morgan fingerprint density at radius 2 is 1.83 bits per heavy atom. The van der Waals surface area contributed by atoms with E-state index in [0.717, 1.165) is 34.4 Å². The Kier molecular flexibility index (Phi) is 7.25. The van der Waals surface area contributed by atoms with Gasteiger partial charge in [-0.2, -0.15) is 0 Å². The van der Waals surface area contributed by atoms with Gasteiger partial charge in [-0.3, -0.25) is 4.79 Å². The second-order valence-electron chi connectivity index (χ2n) is 9.80. The van der Waals surface area contributed by atoms with Gasteiger partial charge in [-0.25, -0.2) is 4.98 Å². The Morgan fingerprint density at radius 1 is 1.03 bits per heavy atom. The Balaban J connectivity index is 1.45. The number of amides is 1. The molecule has 7 heteroatoms. The second kappa shape index (κ2) is 10.5. The van der Waals surface area contributed by atoms with Crippen molar-refractivity contribution in [2.45, 2.75) is 40.5 Å². The highest BCUT2D eigenvalue weighted by Crippen LogP contribution is 2.29. The number of carbonyl (C=O) groups excluding carboxylic acids is 1. The van der Waals surface area contributed by atoms with Crippen LogP contribution in [0.3, 0.4) is 0 Å². The van der Waals surface area contributed by atoms with Crippen LogP contribution in [-0.2, 0) is 6.42 Å². The molecule has 2 aromatic carbocycles. The van der Waals surface area contributed by atoms with Crippen molar-refractivity contribution in [2.75, 3.05) is 11.9 Å². The predicted molar refractivity (Wildman–Crippen MR) is 138 cm³/mol. The van der Waals surface area contributed by atoms with Crippen LogP contribution in [0.15, 0.2) is 66.9 Å². The van der Waals surface area contributed by atoms with Gasteiger partial charge in [0.2, 0.25) is 5.82 Å². The van der Waals surface area contributed by atoms with E-state index in [1.807, 2.05) is 60.7 Å². The largest absolute Gasteiger partial charge is 0.494 e. The predicted octanol–water partition coefficient (Wildman–Crippen LogP) is 5.83. The zero-order valence-electron chi connectivity index (χ0n) is 20.6. The molecule has 0 atom stereocenters. The van der Waals surface area contributed by atoms with E-state index in [2.05, 4.69) is 53.2 Å². The number of nitrogens with zero attached hydrogens (tertiary/aromatic N) is 3. The van der Waals surface area contributed by atoms with E-state index in [1.54, 1.807) is 6.20 Å². The highest BCUT2D eigenvalue weighted by Gasteiger charge is 2.15.